The van der Waals surface area contributed by atoms with Gasteiger partial charge in [0.15, 0.2) is 0 Å². The van der Waals surface area contributed by atoms with Crippen LogP contribution < -0.4 is 10.6 Å². The fourth-order valence-electron chi connectivity index (χ4n) is 3.08. The first-order valence-electron chi connectivity index (χ1n) is 8.74. The lowest BCUT2D eigenvalue weighted by Crippen LogP contribution is -2.37. The Balaban J connectivity index is 1.62. The summed E-state index contributed by atoms with van der Waals surface area (Å²) in [7, 11) is 0. The highest BCUT2D eigenvalue weighted by molar-refractivity contribution is 7.09. The molecular formula is C18H28N2O2S. The maximum atomic E-state index is 12.0. The first-order valence-corrected chi connectivity index (χ1v) is 9.62. The van der Waals surface area contributed by atoms with E-state index in [4.69, 9.17) is 0 Å². The number of hydrogen-bond acceptors (Lipinski definition) is 3. The van der Waals surface area contributed by atoms with E-state index in [2.05, 4.69) is 16.7 Å². The minimum Gasteiger partial charge on any atom is -0.353 e. The van der Waals surface area contributed by atoms with Gasteiger partial charge in [0, 0.05) is 36.2 Å². The number of carbonyl (C=O) groups excluding carboxylic acids is 2. The van der Waals surface area contributed by atoms with Crippen molar-refractivity contribution in [3.8, 4) is 0 Å². The van der Waals surface area contributed by atoms with E-state index >= 15 is 0 Å². The molecule has 0 aromatic carbocycles. The van der Waals surface area contributed by atoms with Crippen LogP contribution in [0.4, 0.5) is 0 Å². The van der Waals surface area contributed by atoms with Crippen molar-refractivity contribution >= 4 is 23.2 Å². The van der Waals surface area contributed by atoms with E-state index < -0.39 is 0 Å². The summed E-state index contributed by atoms with van der Waals surface area (Å²) in [4.78, 5) is 25.2. The molecule has 0 spiro atoms. The van der Waals surface area contributed by atoms with Gasteiger partial charge in [0.25, 0.3) is 0 Å². The van der Waals surface area contributed by atoms with Crippen molar-refractivity contribution in [3.63, 3.8) is 0 Å². The second kappa shape index (κ2) is 9.71. The van der Waals surface area contributed by atoms with E-state index in [0.29, 0.717) is 6.04 Å². The monoisotopic (exact) mass is 336 g/mol. The van der Waals surface area contributed by atoms with Gasteiger partial charge in [-0.3, -0.25) is 9.59 Å². The molecule has 2 amide bonds. The number of hydrogen-bond donors (Lipinski definition) is 2. The van der Waals surface area contributed by atoms with Crippen LogP contribution in [0.25, 0.3) is 0 Å². The Morgan fingerprint density at radius 2 is 1.87 bits per heavy atom. The topological polar surface area (TPSA) is 58.2 Å². The molecule has 1 saturated carbocycles. The van der Waals surface area contributed by atoms with Crippen molar-refractivity contribution in [1.29, 1.82) is 0 Å². The maximum Gasteiger partial charge on any atom is 0.220 e. The summed E-state index contributed by atoms with van der Waals surface area (Å²) in [5, 5.41) is 8.10. The molecule has 1 heterocycles. The van der Waals surface area contributed by atoms with Gasteiger partial charge in [0.05, 0.1) is 0 Å². The fraction of sp³-hybridized carbons (Fsp3) is 0.667. The van der Waals surface area contributed by atoms with Crippen molar-refractivity contribution in [2.45, 2.75) is 76.8 Å². The van der Waals surface area contributed by atoms with E-state index in [-0.39, 0.29) is 30.7 Å². The highest BCUT2D eigenvalue weighted by Gasteiger charge is 2.16. The van der Waals surface area contributed by atoms with Gasteiger partial charge in [-0.1, -0.05) is 31.7 Å². The molecule has 4 nitrogen and oxygen atoms in total. The molecule has 0 saturated heterocycles. The van der Waals surface area contributed by atoms with Crippen molar-refractivity contribution in [3.05, 3.63) is 22.4 Å². The molecular weight excluding hydrogens is 308 g/mol. The molecule has 2 rings (SSSR count). The first-order chi connectivity index (χ1) is 11.1. The molecule has 1 aromatic rings. The minimum absolute atomic E-state index is 0.0120. The molecule has 128 valence electrons. The van der Waals surface area contributed by atoms with E-state index in [1.807, 2.05) is 18.4 Å². The lowest BCUT2D eigenvalue weighted by atomic mass is 10.1. The third-order valence-electron chi connectivity index (χ3n) is 4.29. The predicted octanol–water partition coefficient (Wildman–Crippen LogP) is 3.41. The van der Waals surface area contributed by atoms with Crippen LogP contribution in [0, 0.1) is 0 Å². The molecule has 0 aliphatic heterocycles. The number of thiophene rings is 1. The molecule has 1 aromatic heterocycles. The SMILES string of the molecule is C[C@@H](Cc1cccs1)NC(=O)CCC(=O)NC1CCCCCC1. The molecule has 1 atom stereocenters. The summed E-state index contributed by atoms with van der Waals surface area (Å²) in [6.45, 7) is 2.00. The standard InChI is InChI=1S/C18H28N2O2S/c1-14(13-16-9-6-12-23-16)19-17(21)10-11-18(22)20-15-7-4-2-3-5-8-15/h6,9,12,14-15H,2-5,7-8,10-11,13H2,1H3,(H,19,21)(H,20,22)/t14-/m0/s1. The third kappa shape index (κ3) is 7.16. The molecule has 2 N–H and O–H groups in total. The average Bonchev–Trinajstić information content (AvgIpc) is 2.88. The Kier molecular flexibility index (Phi) is 7.59. The van der Waals surface area contributed by atoms with Crippen LogP contribution in [-0.2, 0) is 16.0 Å². The first kappa shape index (κ1) is 18.0. The molecule has 1 fully saturated rings. The quantitative estimate of drug-likeness (QED) is 0.750. The highest BCUT2D eigenvalue weighted by atomic mass is 32.1. The van der Waals surface area contributed by atoms with Crippen molar-refractivity contribution in [1.82, 2.24) is 10.6 Å². The minimum atomic E-state index is -0.0370. The normalized spacial score (nSPS) is 17.3. The van der Waals surface area contributed by atoms with Crippen LogP contribution in [0.15, 0.2) is 17.5 Å². The molecule has 0 radical (unpaired) electrons. The van der Waals surface area contributed by atoms with Gasteiger partial charge >= 0.3 is 0 Å². The Labute approximate surface area is 143 Å². The average molecular weight is 337 g/mol. The lowest BCUT2D eigenvalue weighted by molar-refractivity contribution is -0.127. The smallest absolute Gasteiger partial charge is 0.220 e. The summed E-state index contributed by atoms with van der Waals surface area (Å²) < 4.78 is 0. The van der Waals surface area contributed by atoms with E-state index in [1.165, 1.54) is 30.6 Å². The van der Waals surface area contributed by atoms with Gasteiger partial charge < -0.3 is 10.6 Å². The van der Waals surface area contributed by atoms with Crippen LogP contribution in [-0.4, -0.2) is 23.9 Å². The van der Waals surface area contributed by atoms with Crippen LogP contribution >= 0.6 is 11.3 Å². The predicted molar refractivity (Wildman–Crippen MR) is 94.5 cm³/mol. The molecule has 0 bridgehead atoms. The summed E-state index contributed by atoms with van der Waals surface area (Å²) in [5.74, 6) is -0.0250. The number of carbonyl (C=O) groups is 2. The van der Waals surface area contributed by atoms with Crippen molar-refractivity contribution < 1.29 is 9.59 Å². The van der Waals surface area contributed by atoms with E-state index in [1.54, 1.807) is 11.3 Å². The molecule has 0 unspecified atom stereocenters. The van der Waals surface area contributed by atoms with Crippen LogP contribution in [0.2, 0.25) is 0 Å². The Bertz CT molecular complexity index is 479. The van der Waals surface area contributed by atoms with Gasteiger partial charge in [-0.2, -0.15) is 0 Å². The van der Waals surface area contributed by atoms with Crippen molar-refractivity contribution in [2.75, 3.05) is 0 Å². The summed E-state index contributed by atoms with van der Waals surface area (Å²) >= 11 is 1.70. The zero-order valence-electron chi connectivity index (χ0n) is 14.0. The summed E-state index contributed by atoms with van der Waals surface area (Å²) in [6, 6.07) is 4.51. The van der Waals surface area contributed by atoms with E-state index in [0.717, 1.165) is 19.3 Å². The van der Waals surface area contributed by atoms with Crippen LogP contribution in [0.1, 0.15) is 63.2 Å². The molecule has 5 heteroatoms. The lowest BCUT2D eigenvalue weighted by Gasteiger charge is -2.16. The summed E-state index contributed by atoms with van der Waals surface area (Å²) in [6.07, 6.45) is 8.51. The van der Waals surface area contributed by atoms with Gasteiger partial charge in [-0.05, 0) is 31.2 Å². The second-order valence-corrected chi connectivity index (χ2v) is 7.54. The Morgan fingerprint density at radius 3 is 2.52 bits per heavy atom. The molecule has 23 heavy (non-hydrogen) atoms. The molecule has 1 aliphatic rings. The zero-order chi connectivity index (χ0) is 16.5. The van der Waals surface area contributed by atoms with Gasteiger partial charge in [-0.25, -0.2) is 0 Å². The number of rotatable bonds is 7. The van der Waals surface area contributed by atoms with Gasteiger partial charge in [-0.15, -0.1) is 11.3 Å². The van der Waals surface area contributed by atoms with Gasteiger partial charge in [0.1, 0.15) is 0 Å². The Morgan fingerprint density at radius 1 is 1.17 bits per heavy atom. The number of amides is 2. The van der Waals surface area contributed by atoms with Crippen LogP contribution in [0.3, 0.4) is 0 Å². The fourth-order valence-corrected chi connectivity index (χ4v) is 3.91. The number of nitrogens with one attached hydrogen (secondary N) is 2. The van der Waals surface area contributed by atoms with Crippen LogP contribution in [0.5, 0.6) is 0 Å². The second-order valence-electron chi connectivity index (χ2n) is 6.51. The molecule has 1 aliphatic carbocycles. The van der Waals surface area contributed by atoms with Crippen molar-refractivity contribution in [2.24, 2.45) is 0 Å². The highest BCUT2D eigenvalue weighted by Crippen LogP contribution is 2.17. The van der Waals surface area contributed by atoms with Gasteiger partial charge in [0.2, 0.25) is 11.8 Å². The maximum absolute atomic E-state index is 12.0. The zero-order valence-corrected chi connectivity index (χ0v) is 14.8. The Hall–Kier alpha value is -1.36. The van der Waals surface area contributed by atoms with E-state index in [9.17, 15) is 9.59 Å². The largest absolute Gasteiger partial charge is 0.353 e. The third-order valence-corrected chi connectivity index (χ3v) is 5.19. The summed E-state index contributed by atoms with van der Waals surface area (Å²) in [5.41, 5.74) is 0.